The minimum absolute atomic E-state index is 0.0508. The SMILES string of the molecule is C=C(C)C(=O)OCC(CCC)C(O)CCCC. The fraction of sp³-hybridized carbons (Fsp3) is 0.786. The van der Waals surface area contributed by atoms with Crippen LogP contribution in [0.25, 0.3) is 0 Å². The Morgan fingerprint density at radius 1 is 1.29 bits per heavy atom. The van der Waals surface area contributed by atoms with Crippen molar-refractivity contribution in [3.63, 3.8) is 0 Å². The number of aliphatic hydroxyl groups is 1. The molecule has 0 rings (SSSR count). The average molecular weight is 242 g/mol. The molecule has 3 nitrogen and oxygen atoms in total. The summed E-state index contributed by atoms with van der Waals surface area (Å²) in [4.78, 5) is 11.3. The minimum Gasteiger partial charge on any atom is -0.462 e. The highest BCUT2D eigenvalue weighted by Gasteiger charge is 2.19. The summed E-state index contributed by atoms with van der Waals surface area (Å²) in [5.41, 5.74) is 0.406. The first-order chi connectivity index (χ1) is 8.02. The molecule has 0 saturated carbocycles. The monoisotopic (exact) mass is 242 g/mol. The van der Waals surface area contributed by atoms with Gasteiger partial charge in [-0.05, 0) is 19.8 Å². The van der Waals surface area contributed by atoms with Crippen LogP contribution in [-0.2, 0) is 9.53 Å². The third-order valence-corrected chi connectivity index (χ3v) is 2.83. The number of hydrogen-bond donors (Lipinski definition) is 1. The van der Waals surface area contributed by atoms with E-state index in [0.29, 0.717) is 12.2 Å². The van der Waals surface area contributed by atoms with E-state index in [1.165, 1.54) is 0 Å². The van der Waals surface area contributed by atoms with Gasteiger partial charge in [-0.2, -0.15) is 0 Å². The summed E-state index contributed by atoms with van der Waals surface area (Å²) < 4.78 is 5.12. The molecule has 0 heterocycles. The average Bonchev–Trinajstić information content (AvgIpc) is 2.30. The van der Waals surface area contributed by atoms with Crippen LogP contribution in [0.4, 0.5) is 0 Å². The minimum atomic E-state index is -0.368. The highest BCUT2D eigenvalue weighted by molar-refractivity contribution is 5.86. The van der Waals surface area contributed by atoms with Crippen LogP contribution in [0.3, 0.4) is 0 Å². The van der Waals surface area contributed by atoms with Gasteiger partial charge in [-0.15, -0.1) is 0 Å². The van der Waals surface area contributed by atoms with E-state index >= 15 is 0 Å². The molecule has 0 aromatic heterocycles. The Labute approximate surface area is 105 Å². The first kappa shape index (κ1) is 16.2. The van der Waals surface area contributed by atoms with Crippen molar-refractivity contribution in [3.05, 3.63) is 12.2 Å². The summed E-state index contributed by atoms with van der Waals surface area (Å²) >= 11 is 0. The number of carbonyl (C=O) groups excluding carboxylic acids is 1. The zero-order valence-corrected chi connectivity index (χ0v) is 11.4. The van der Waals surface area contributed by atoms with E-state index in [4.69, 9.17) is 4.74 Å². The van der Waals surface area contributed by atoms with Crippen molar-refractivity contribution in [3.8, 4) is 0 Å². The van der Waals surface area contributed by atoms with Gasteiger partial charge in [0.25, 0.3) is 0 Å². The van der Waals surface area contributed by atoms with Gasteiger partial charge in [-0.25, -0.2) is 4.79 Å². The highest BCUT2D eigenvalue weighted by Crippen LogP contribution is 2.17. The molecule has 17 heavy (non-hydrogen) atoms. The van der Waals surface area contributed by atoms with Crippen LogP contribution in [0.15, 0.2) is 12.2 Å². The van der Waals surface area contributed by atoms with Crippen LogP contribution in [-0.4, -0.2) is 23.8 Å². The second-order valence-electron chi connectivity index (χ2n) is 4.64. The summed E-state index contributed by atoms with van der Waals surface area (Å²) in [6.45, 7) is 9.63. The van der Waals surface area contributed by atoms with E-state index in [1.807, 2.05) is 0 Å². The molecule has 0 aromatic carbocycles. The third kappa shape index (κ3) is 7.16. The van der Waals surface area contributed by atoms with Gasteiger partial charge in [0, 0.05) is 11.5 Å². The number of aliphatic hydroxyl groups excluding tert-OH is 1. The maximum absolute atomic E-state index is 11.3. The Morgan fingerprint density at radius 2 is 1.94 bits per heavy atom. The summed E-state index contributed by atoms with van der Waals surface area (Å²) in [5.74, 6) is -0.316. The summed E-state index contributed by atoms with van der Waals surface area (Å²) in [6, 6.07) is 0. The molecule has 1 N–H and O–H groups in total. The number of ether oxygens (including phenoxy) is 1. The molecule has 3 heteroatoms. The molecule has 0 aliphatic heterocycles. The molecule has 2 unspecified atom stereocenters. The van der Waals surface area contributed by atoms with Gasteiger partial charge in [0.2, 0.25) is 0 Å². The lowest BCUT2D eigenvalue weighted by atomic mass is 9.94. The van der Waals surface area contributed by atoms with E-state index in [0.717, 1.165) is 32.1 Å². The third-order valence-electron chi connectivity index (χ3n) is 2.83. The molecule has 0 radical (unpaired) electrons. The van der Waals surface area contributed by atoms with Crippen molar-refractivity contribution in [2.24, 2.45) is 5.92 Å². The maximum atomic E-state index is 11.3. The maximum Gasteiger partial charge on any atom is 0.333 e. The van der Waals surface area contributed by atoms with Gasteiger partial charge < -0.3 is 9.84 Å². The molecule has 0 aromatic rings. The molecule has 0 bridgehead atoms. The fourth-order valence-electron chi connectivity index (χ4n) is 1.71. The van der Waals surface area contributed by atoms with Crippen molar-refractivity contribution in [2.45, 2.75) is 59.0 Å². The Bertz CT molecular complexity index is 236. The smallest absolute Gasteiger partial charge is 0.333 e. The Kier molecular flexibility index (Phi) is 8.78. The molecule has 0 saturated heterocycles. The van der Waals surface area contributed by atoms with Gasteiger partial charge in [0.1, 0.15) is 0 Å². The van der Waals surface area contributed by atoms with E-state index < -0.39 is 0 Å². The normalized spacial score (nSPS) is 14.1. The first-order valence-corrected chi connectivity index (χ1v) is 6.53. The number of esters is 1. The van der Waals surface area contributed by atoms with Crippen LogP contribution in [0.1, 0.15) is 52.9 Å². The van der Waals surface area contributed by atoms with Gasteiger partial charge in [-0.1, -0.05) is 39.7 Å². The standard InChI is InChI=1S/C14H26O3/c1-5-7-9-13(15)12(8-6-2)10-17-14(16)11(3)4/h12-13,15H,3,5-10H2,1-2,4H3. The Hall–Kier alpha value is -0.830. The second-order valence-corrected chi connectivity index (χ2v) is 4.64. The van der Waals surface area contributed by atoms with Crippen molar-refractivity contribution >= 4 is 5.97 Å². The quantitative estimate of drug-likeness (QED) is 0.499. The zero-order chi connectivity index (χ0) is 13.3. The predicted octanol–water partition coefficient (Wildman–Crippen LogP) is 3.07. The van der Waals surface area contributed by atoms with Crippen LogP contribution in [0, 0.1) is 5.92 Å². The molecule has 0 aliphatic rings. The number of rotatable bonds is 9. The largest absolute Gasteiger partial charge is 0.462 e. The van der Waals surface area contributed by atoms with E-state index in [2.05, 4.69) is 20.4 Å². The fourth-order valence-corrected chi connectivity index (χ4v) is 1.71. The molecule has 100 valence electrons. The predicted molar refractivity (Wildman–Crippen MR) is 69.7 cm³/mol. The molecule has 0 amide bonds. The van der Waals surface area contributed by atoms with Crippen molar-refractivity contribution in [2.75, 3.05) is 6.61 Å². The van der Waals surface area contributed by atoms with Gasteiger partial charge in [0.15, 0.2) is 0 Å². The number of hydrogen-bond acceptors (Lipinski definition) is 3. The number of unbranched alkanes of at least 4 members (excludes halogenated alkanes) is 1. The Balaban J connectivity index is 4.13. The highest BCUT2D eigenvalue weighted by atomic mass is 16.5. The molecular formula is C14H26O3. The Morgan fingerprint density at radius 3 is 2.41 bits per heavy atom. The molecule has 2 atom stereocenters. The lowest BCUT2D eigenvalue weighted by Gasteiger charge is -2.22. The van der Waals surface area contributed by atoms with E-state index in [1.54, 1.807) is 6.92 Å². The molecule has 0 spiro atoms. The van der Waals surface area contributed by atoms with Crippen LogP contribution in [0.5, 0.6) is 0 Å². The van der Waals surface area contributed by atoms with Gasteiger partial charge in [0.05, 0.1) is 12.7 Å². The second kappa shape index (κ2) is 9.23. The van der Waals surface area contributed by atoms with Crippen LogP contribution in [0.2, 0.25) is 0 Å². The summed E-state index contributed by atoms with van der Waals surface area (Å²) in [5, 5.41) is 10.0. The van der Waals surface area contributed by atoms with Crippen molar-refractivity contribution in [1.82, 2.24) is 0 Å². The van der Waals surface area contributed by atoms with Crippen molar-refractivity contribution in [1.29, 1.82) is 0 Å². The topological polar surface area (TPSA) is 46.5 Å². The first-order valence-electron chi connectivity index (χ1n) is 6.53. The lowest BCUT2D eigenvalue weighted by molar-refractivity contribution is -0.141. The van der Waals surface area contributed by atoms with Crippen molar-refractivity contribution < 1.29 is 14.6 Å². The van der Waals surface area contributed by atoms with Crippen LogP contribution < -0.4 is 0 Å². The van der Waals surface area contributed by atoms with Gasteiger partial charge >= 0.3 is 5.97 Å². The van der Waals surface area contributed by atoms with E-state index in [-0.39, 0.29) is 18.0 Å². The van der Waals surface area contributed by atoms with Crippen LogP contribution >= 0.6 is 0 Å². The molecular weight excluding hydrogens is 216 g/mol. The number of carbonyl (C=O) groups is 1. The summed E-state index contributed by atoms with van der Waals surface area (Å²) in [7, 11) is 0. The molecule has 0 fully saturated rings. The van der Waals surface area contributed by atoms with Gasteiger partial charge in [-0.3, -0.25) is 0 Å². The van der Waals surface area contributed by atoms with E-state index in [9.17, 15) is 9.90 Å². The zero-order valence-electron chi connectivity index (χ0n) is 11.4. The molecule has 0 aliphatic carbocycles. The lowest BCUT2D eigenvalue weighted by Crippen LogP contribution is -2.26. The summed E-state index contributed by atoms with van der Waals surface area (Å²) in [6.07, 6.45) is 4.36.